The summed E-state index contributed by atoms with van der Waals surface area (Å²) in [5, 5.41) is 8.82. The Hall–Kier alpha value is -2.62. The second-order valence-corrected chi connectivity index (χ2v) is 4.54. The van der Waals surface area contributed by atoms with Crippen molar-refractivity contribution in [3.63, 3.8) is 0 Å². The number of hydrogen-bond acceptors (Lipinski definition) is 2. The molecular formula is C16H15NO3. The van der Waals surface area contributed by atoms with Gasteiger partial charge in [0.05, 0.1) is 12.3 Å². The first kappa shape index (κ1) is 13.8. The Morgan fingerprint density at radius 3 is 2.00 bits per heavy atom. The molecule has 2 aromatic rings. The fourth-order valence-corrected chi connectivity index (χ4v) is 2.10. The molecule has 1 atom stereocenters. The lowest BCUT2D eigenvalue weighted by Crippen LogP contribution is -2.23. The first-order chi connectivity index (χ1) is 9.58. The minimum atomic E-state index is -1.04. The van der Waals surface area contributed by atoms with Gasteiger partial charge in [-0.3, -0.25) is 9.59 Å². The van der Waals surface area contributed by atoms with E-state index in [-0.39, 0.29) is 6.42 Å². The van der Waals surface area contributed by atoms with E-state index in [2.05, 4.69) is 0 Å². The summed E-state index contributed by atoms with van der Waals surface area (Å²) in [7, 11) is 0. The molecule has 20 heavy (non-hydrogen) atoms. The van der Waals surface area contributed by atoms with E-state index in [0.717, 1.165) is 11.1 Å². The molecule has 0 unspecified atom stereocenters. The molecule has 4 heteroatoms. The van der Waals surface area contributed by atoms with E-state index in [1.54, 1.807) is 12.1 Å². The molecule has 1 amide bonds. The van der Waals surface area contributed by atoms with Gasteiger partial charge in [-0.2, -0.15) is 0 Å². The monoisotopic (exact) mass is 269 g/mol. The summed E-state index contributed by atoms with van der Waals surface area (Å²) < 4.78 is 0. The lowest BCUT2D eigenvalue weighted by Gasteiger charge is -2.12. The summed E-state index contributed by atoms with van der Waals surface area (Å²) in [6, 6.07) is 17.0. The van der Waals surface area contributed by atoms with Crippen LogP contribution in [0.1, 0.15) is 17.9 Å². The molecule has 3 N–H and O–H groups in total. The van der Waals surface area contributed by atoms with Crippen LogP contribution in [-0.2, 0) is 9.59 Å². The Labute approximate surface area is 116 Å². The number of hydrogen-bond donors (Lipinski definition) is 2. The largest absolute Gasteiger partial charge is 0.481 e. The van der Waals surface area contributed by atoms with Gasteiger partial charge in [0.25, 0.3) is 0 Å². The number of rotatable bonds is 5. The van der Waals surface area contributed by atoms with E-state index in [1.807, 2.05) is 42.5 Å². The zero-order valence-electron chi connectivity index (χ0n) is 10.8. The topological polar surface area (TPSA) is 80.4 Å². The maximum atomic E-state index is 11.3. The first-order valence-corrected chi connectivity index (χ1v) is 6.24. The van der Waals surface area contributed by atoms with E-state index < -0.39 is 17.8 Å². The molecule has 0 heterocycles. The zero-order valence-corrected chi connectivity index (χ0v) is 10.8. The normalized spacial score (nSPS) is 11.8. The van der Waals surface area contributed by atoms with Crippen molar-refractivity contribution >= 4 is 11.9 Å². The van der Waals surface area contributed by atoms with Crippen molar-refractivity contribution < 1.29 is 14.7 Å². The Bertz CT molecular complexity index is 605. The number of aliphatic carboxylic acids is 1. The predicted octanol–water partition coefficient (Wildman–Crippen LogP) is 2.40. The smallest absolute Gasteiger partial charge is 0.304 e. The van der Waals surface area contributed by atoms with Gasteiger partial charge in [-0.15, -0.1) is 0 Å². The van der Waals surface area contributed by atoms with Crippen molar-refractivity contribution in [3.05, 3.63) is 60.2 Å². The molecule has 0 aromatic heterocycles. The van der Waals surface area contributed by atoms with Crippen molar-refractivity contribution in [1.29, 1.82) is 0 Å². The van der Waals surface area contributed by atoms with Crippen LogP contribution in [0.25, 0.3) is 11.1 Å². The number of nitrogens with two attached hydrogens (primary N) is 1. The molecule has 0 saturated heterocycles. The van der Waals surface area contributed by atoms with E-state index >= 15 is 0 Å². The lowest BCUT2D eigenvalue weighted by atomic mass is 9.93. The molecule has 0 aliphatic heterocycles. The van der Waals surface area contributed by atoms with Gasteiger partial charge in [0.2, 0.25) is 5.91 Å². The van der Waals surface area contributed by atoms with Crippen LogP contribution >= 0.6 is 0 Å². The number of benzene rings is 2. The zero-order chi connectivity index (χ0) is 14.5. The van der Waals surface area contributed by atoms with E-state index in [0.29, 0.717) is 5.56 Å². The third-order valence-electron chi connectivity index (χ3n) is 3.14. The predicted molar refractivity (Wildman–Crippen MR) is 76.1 cm³/mol. The molecule has 0 saturated carbocycles. The standard InChI is InChI=1S/C16H15NO3/c17-16(20)14(10-15(18)19)13-8-6-12(7-9-13)11-4-2-1-3-5-11/h1-9,14H,10H2,(H2,17,20)(H,18,19)/t14-/m1/s1. The maximum Gasteiger partial charge on any atom is 0.304 e. The molecule has 102 valence electrons. The molecular weight excluding hydrogens is 254 g/mol. The SMILES string of the molecule is NC(=O)[C@H](CC(=O)O)c1ccc(-c2ccccc2)cc1. The highest BCUT2D eigenvalue weighted by Crippen LogP contribution is 2.24. The highest BCUT2D eigenvalue weighted by Gasteiger charge is 2.21. The number of amides is 1. The van der Waals surface area contributed by atoms with Crippen LogP contribution in [0.4, 0.5) is 0 Å². The van der Waals surface area contributed by atoms with Crippen molar-refractivity contribution in [2.24, 2.45) is 5.73 Å². The van der Waals surface area contributed by atoms with Crippen molar-refractivity contribution in [3.8, 4) is 11.1 Å². The van der Waals surface area contributed by atoms with E-state index in [9.17, 15) is 9.59 Å². The van der Waals surface area contributed by atoms with Gasteiger partial charge in [0, 0.05) is 0 Å². The summed E-state index contributed by atoms with van der Waals surface area (Å²) in [6.07, 6.45) is -0.292. The van der Waals surface area contributed by atoms with Crippen LogP contribution in [0.5, 0.6) is 0 Å². The minimum Gasteiger partial charge on any atom is -0.481 e. The van der Waals surface area contributed by atoms with Crippen molar-refractivity contribution in [2.75, 3.05) is 0 Å². The number of carbonyl (C=O) groups excluding carboxylic acids is 1. The Morgan fingerprint density at radius 1 is 0.950 bits per heavy atom. The number of carboxylic acid groups (broad SMARTS) is 1. The average Bonchev–Trinajstić information content (AvgIpc) is 2.45. The van der Waals surface area contributed by atoms with Crippen LogP contribution in [-0.4, -0.2) is 17.0 Å². The molecule has 0 spiro atoms. The molecule has 0 bridgehead atoms. The van der Waals surface area contributed by atoms with E-state index in [1.165, 1.54) is 0 Å². The summed E-state index contributed by atoms with van der Waals surface area (Å²) in [5.41, 5.74) is 7.96. The number of carbonyl (C=O) groups is 2. The molecule has 2 rings (SSSR count). The molecule has 0 radical (unpaired) electrons. The Morgan fingerprint density at radius 2 is 1.50 bits per heavy atom. The Kier molecular flexibility index (Phi) is 4.15. The van der Waals surface area contributed by atoms with Gasteiger partial charge in [-0.05, 0) is 16.7 Å². The van der Waals surface area contributed by atoms with Crippen molar-refractivity contribution in [1.82, 2.24) is 0 Å². The van der Waals surface area contributed by atoms with Crippen LogP contribution in [0.3, 0.4) is 0 Å². The molecule has 0 aliphatic carbocycles. The van der Waals surface area contributed by atoms with Gasteiger partial charge in [-0.25, -0.2) is 0 Å². The molecule has 2 aromatic carbocycles. The molecule has 0 aliphatic rings. The summed E-state index contributed by atoms with van der Waals surface area (Å²) in [5.74, 6) is -2.46. The maximum absolute atomic E-state index is 11.3. The summed E-state index contributed by atoms with van der Waals surface area (Å²) in [4.78, 5) is 22.1. The highest BCUT2D eigenvalue weighted by molar-refractivity contribution is 5.86. The lowest BCUT2D eigenvalue weighted by molar-refractivity contribution is -0.139. The third-order valence-corrected chi connectivity index (χ3v) is 3.14. The molecule has 0 fully saturated rings. The van der Waals surface area contributed by atoms with Gasteiger partial charge in [0.1, 0.15) is 0 Å². The number of primary amides is 1. The second kappa shape index (κ2) is 6.02. The fourth-order valence-electron chi connectivity index (χ4n) is 2.10. The summed E-state index contributed by atoms with van der Waals surface area (Å²) in [6.45, 7) is 0. The van der Waals surface area contributed by atoms with Crippen LogP contribution in [0.15, 0.2) is 54.6 Å². The average molecular weight is 269 g/mol. The van der Waals surface area contributed by atoms with Gasteiger partial charge in [-0.1, -0.05) is 54.6 Å². The highest BCUT2D eigenvalue weighted by atomic mass is 16.4. The number of carboxylic acids is 1. The minimum absolute atomic E-state index is 0.292. The third kappa shape index (κ3) is 3.23. The Balaban J connectivity index is 2.27. The van der Waals surface area contributed by atoms with Crippen LogP contribution in [0.2, 0.25) is 0 Å². The van der Waals surface area contributed by atoms with Crippen LogP contribution < -0.4 is 5.73 Å². The quantitative estimate of drug-likeness (QED) is 0.874. The first-order valence-electron chi connectivity index (χ1n) is 6.24. The molecule has 4 nitrogen and oxygen atoms in total. The summed E-state index contributed by atoms with van der Waals surface area (Å²) >= 11 is 0. The van der Waals surface area contributed by atoms with Gasteiger partial charge in [0.15, 0.2) is 0 Å². The van der Waals surface area contributed by atoms with E-state index in [4.69, 9.17) is 10.8 Å². The fraction of sp³-hybridized carbons (Fsp3) is 0.125. The van der Waals surface area contributed by atoms with Crippen molar-refractivity contribution in [2.45, 2.75) is 12.3 Å². The van der Waals surface area contributed by atoms with Crippen LogP contribution in [0, 0.1) is 0 Å². The second-order valence-electron chi connectivity index (χ2n) is 4.54. The van der Waals surface area contributed by atoms with Gasteiger partial charge < -0.3 is 10.8 Å². The van der Waals surface area contributed by atoms with Gasteiger partial charge >= 0.3 is 5.97 Å².